The molecule has 11 rings (SSSR count). The number of nitrogens with zero attached hydrogens (tertiary/aromatic N) is 6. The Morgan fingerprint density at radius 1 is 0.930 bits per heavy atom. The van der Waals surface area contributed by atoms with Gasteiger partial charge in [-0.1, -0.05) is 92.5 Å². The summed E-state index contributed by atoms with van der Waals surface area (Å²) in [5, 5.41) is 21.0. The van der Waals surface area contributed by atoms with Crippen LogP contribution in [0.3, 0.4) is 0 Å². The Morgan fingerprint density at radius 3 is 2.44 bits per heavy atom. The van der Waals surface area contributed by atoms with Gasteiger partial charge in [0.25, 0.3) is 5.91 Å². The van der Waals surface area contributed by atoms with E-state index in [4.69, 9.17) is 14.5 Å². The van der Waals surface area contributed by atoms with Crippen molar-refractivity contribution in [3.8, 4) is 28.0 Å². The lowest BCUT2D eigenvalue weighted by Crippen LogP contribution is -2.58. The van der Waals surface area contributed by atoms with Crippen molar-refractivity contribution in [1.29, 1.82) is 0 Å². The maximum absolute atomic E-state index is 14.3. The lowest BCUT2D eigenvalue weighted by Gasteiger charge is -2.53. The molecule has 20 heteroatoms. The zero-order valence-corrected chi connectivity index (χ0v) is 51.7. The number of hydrogen-bond acceptors (Lipinski definition) is 16. The van der Waals surface area contributed by atoms with Crippen molar-refractivity contribution in [2.45, 2.75) is 117 Å². The number of carbonyl (C=O) groups excluding carboxylic acids is 5. The number of benzene rings is 4. The first-order valence-electron chi connectivity index (χ1n) is 29.6. The zero-order chi connectivity index (χ0) is 60.1. The van der Waals surface area contributed by atoms with Crippen LogP contribution in [0.1, 0.15) is 119 Å². The fourth-order valence-electron chi connectivity index (χ4n) is 12.3. The maximum Gasteiger partial charge on any atom is 0.357 e. The molecule has 3 aliphatic heterocycles. The Balaban J connectivity index is 0.596. The minimum atomic E-state index is -0.864. The van der Waals surface area contributed by atoms with E-state index in [0.29, 0.717) is 67.0 Å². The van der Waals surface area contributed by atoms with E-state index in [1.165, 1.54) is 34.7 Å². The van der Waals surface area contributed by atoms with Gasteiger partial charge < -0.3 is 35.0 Å². The number of aliphatic hydroxyl groups is 1. The number of aliphatic hydroxyl groups excluding tert-OH is 1. The summed E-state index contributed by atoms with van der Waals surface area (Å²) >= 11 is 4.50. The highest BCUT2D eigenvalue weighted by atomic mass is 32.1. The summed E-state index contributed by atoms with van der Waals surface area (Å²) < 4.78 is 12.3. The second-order valence-electron chi connectivity index (χ2n) is 24.3. The Morgan fingerprint density at radius 2 is 1.71 bits per heavy atom. The minimum absolute atomic E-state index is 0.0279. The number of aromatic nitrogens is 3. The van der Waals surface area contributed by atoms with Gasteiger partial charge in [0.05, 0.1) is 52.7 Å². The standard InChI is InChI=1S/C66H73N9O8S3/c1-41-57(84-40-68-41)46-21-17-44(18-22-46)35-67-60(79)52-34-47(76)36-75(52)61(80)58(65(2,3)4)70-55(77)33-43-25-28-66(29-26-43)38-73(39-66)30-9-11-42-19-23-48(24-20-42)83-32-10-16-54-56(62(81)82-5)71-64(86-54)74-31-27-45-12-8-13-49(50(45)37-74)59(78)72-63-69-51-14-6-7-15-53(51)85-63/h6-8,12-15,17-24,40,43,47,52,58,76H,10,16,25-39H2,1-5H3,(H,67,79)(H,70,77)(H,69,72,78)/t47-,52+,58-/m1/s1. The van der Waals surface area contributed by atoms with Crippen LogP contribution < -0.4 is 25.6 Å². The van der Waals surface area contributed by atoms with Crippen LogP contribution in [0.4, 0.5) is 10.3 Å². The summed E-state index contributed by atoms with van der Waals surface area (Å²) in [6.45, 7) is 12.3. The molecular formula is C66H73N9O8S3. The van der Waals surface area contributed by atoms with E-state index < -0.39 is 29.6 Å². The van der Waals surface area contributed by atoms with Crippen molar-refractivity contribution in [3.63, 3.8) is 0 Å². The van der Waals surface area contributed by atoms with Gasteiger partial charge in [-0.2, -0.15) is 0 Å². The average Bonchev–Trinajstić information content (AvgIpc) is 4.29. The van der Waals surface area contributed by atoms with Crippen molar-refractivity contribution in [3.05, 3.63) is 141 Å². The summed E-state index contributed by atoms with van der Waals surface area (Å²) in [5.41, 5.74) is 9.08. The van der Waals surface area contributed by atoms with Crippen LogP contribution in [0, 0.1) is 35.5 Å². The summed E-state index contributed by atoms with van der Waals surface area (Å²) in [6, 6.07) is 27.7. The molecule has 6 heterocycles. The molecule has 1 saturated carbocycles. The minimum Gasteiger partial charge on any atom is -0.494 e. The number of likely N-dealkylation sites (tertiary alicyclic amines) is 2. The molecule has 0 unspecified atom stereocenters. The molecule has 4 aliphatic rings. The van der Waals surface area contributed by atoms with Gasteiger partial charge in [-0.3, -0.25) is 29.4 Å². The van der Waals surface area contributed by atoms with Gasteiger partial charge in [-0.25, -0.2) is 19.7 Å². The maximum atomic E-state index is 14.3. The number of rotatable bonds is 18. The third-order valence-electron chi connectivity index (χ3n) is 17.0. The fourth-order valence-corrected chi connectivity index (χ4v) is 15.1. The van der Waals surface area contributed by atoms with Crippen LogP contribution in [-0.4, -0.2) is 124 Å². The number of carbonyl (C=O) groups is 5. The molecule has 4 N–H and O–H groups in total. The summed E-state index contributed by atoms with van der Waals surface area (Å²) in [7, 11) is 1.37. The number of ether oxygens (including phenoxy) is 2. The number of amides is 4. The number of nitrogens with one attached hydrogen (secondary N) is 3. The van der Waals surface area contributed by atoms with Crippen LogP contribution in [-0.2, 0) is 45.1 Å². The van der Waals surface area contributed by atoms with Crippen molar-refractivity contribution >= 4 is 84.1 Å². The molecule has 86 heavy (non-hydrogen) atoms. The highest BCUT2D eigenvalue weighted by Gasteiger charge is 2.47. The number of hydrogen-bond donors (Lipinski definition) is 4. The summed E-state index contributed by atoms with van der Waals surface area (Å²) in [4.78, 5) is 89.8. The molecule has 4 aromatic carbocycles. The zero-order valence-electron chi connectivity index (χ0n) is 49.3. The van der Waals surface area contributed by atoms with Gasteiger partial charge >= 0.3 is 5.97 Å². The van der Waals surface area contributed by atoms with Gasteiger partial charge in [0.15, 0.2) is 16.0 Å². The SMILES string of the molecule is COC(=O)c1nc(N2CCc3cccc(C(=O)Nc4nc5ccccc5s4)c3C2)sc1CCCOc1ccc(C#CCN2CC3(CCC(CC(=O)N[C@H](C(=O)N4C[C@H](O)C[C@H]4C(=O)NCc4ccc(-c5scnc5C)cc4)C(C)(C)C)CC3)C2)cc1. The molecule has 2 saturated heterocycles. The quantitative estimate of drug-likeness (QED) is 0.0359. The largest absolute Gasteiger partial charge is 0.494 e. The molecule has 7 aromatic rings. The van der Waals surface area contributed by atoms with Gasteiger partial charge in [0, 0.05) is 68.1 Å². The number of para-hydroxylation sites is 1. The first kappa shape index (κ1) is 60.2. The first-order chi connectivity index (χ1) is 41.5. The van der Waals surface area contributed by atoms with Crippen molar-refractivity contribution in [2.24, 2.45) is 16.7 Å². The van der Waals surface area contributed by atoms with Crippen molar-refractivity contribution in [1.82, 2.24) is 35.4 Å². The molecule has 3 fully saturated rings. The number of methoxy groups -OCH3 is 1. The molecule has 17 nitrogen and oxygen atoms in total. The predicted molar refractivity (Wildman–Crippen MR) is 336 cm³/mol. The van der Waals surface area contributed by atoms with Gasteiger partial charge in [-0.15, -0.1) is 22.7 Å². The average molecular weight is 1220 g/mol. The third kappa shape index (κ3) is 14.0. The fraction of sp³-hybridized carbons (Fsp3) is 0.424. The first-order valence-corrected chi connectivity index (χ1v) is 32.1. The van der Waals surface area contributed by atoms with Crippen LogP contribution in [0.25, 0.3) is 20.7 Å². The molecule has 4 amide bonds. The van der Waals surface area contributed by atoms with E-state index in [1.807, 2.05) is 118 Å². The topological polar surface area (TPSA) is 209 Å². The normalized spacial score (nSPS) is 17.9. The highest BCUT2D eigenvalue weighted by molar-refractivity contribution is 7.22. The number of esters is 1. The van der Waals surface area contributed by atoms with Crippen molar-refractivity contribution in [2.75, 3.05) is 56.7 Å². The number of fused-ring (bicyclic) bond motifs is 2. The van der Waals surface area contributed by atoms with E-state index in [9.17, 15) is 29.1 Å². The van der Waals surface area contributed by atoms with Crippen molar-refractivity contribution < 1.29 is 38.6 Å². The summed E-state index contributed by atoms with van der Waals surface area (Å²) in [5.74, 6) is 6.08. The monoisotopic (exact) mass is 1220 g/mol. The third-order valence-corrected chi connectivity index (χ3v) is 20.1. The van der Waals surface area contributed by atoms with Crippen LogP contribution in [0.15, 0.2) is 96.5 Å². The number of aryl methyl sites for hydroxylation is 2. The van der Waals surface area contributed by atoms with E-state index in [2.05, 4.69) is 53.6 Å². The molecule has 3 aromatic heterocycles. The molecule has 3 atom stereocenters. The molecule has 1 aliphatic carbocycles. The molecule has 0 bridgehead atoms. The predicted octanol–water partition coefficient (Wildman–Crippen LogP) is 9.84. The number of β-amino-alcohol motifs (C(OH)–C–C–N with tert-alkyl or cyclic N) is 1. The molecule has 1 spiro atoms. The van der Waals surface area contributed by atoms with Crippen LogP contribution in [0.2, 0.25) is 0 Å². The second kappa shape index (κ2) is 26.2. The lowest BCUT2D eigenvalue weighted by atomic mass is 9.65. The Hall–Kier alpha value is -7.54. The van der Waals surface area contributed by atoms with E-state index in [-0.39, 0.29) is 54.5 Å². The number of anilines is 2. The molecule has 448 valence electrons. The van der Waals surface area contributed by atoms with E-state index in [0.717, 1.165) is 104 Å². The lowest BCUT2D eigenvalue weighted by molar-refractivity contribution is -0.144. The highest BCUT2D eigenvalue weighted by Crippen LogP contribution is 2.46. The van der Waals surface area contributed by atoms with Crippen LogP contribution >= 0.6 is 34.0 Å². The Bertz CT molecular complexity index is 3640. The molecule has 0 radical (unpaired) electrons. The second-order valence-corrected chi connectivity index (χ2v) is 27.3. The smallest absolute Gasteiger partial charge is 0.357 e. The Labute approximate surface area is 513 Å². The van der Waals surface area contributed by atoms with E-state index in [1.54, 1.807) is 11.3 Å². The van der Waals surface area contributed by atoms with Gasteiger partial charge in [0.2, 0.25) is 17.7 Å². The molecular weight excluding hydrogens is 1140 g/mol. The summed E-state index contributed by atoms with van der Waals surface area (Å²) in [6.07, 6.45) is 5.55. The van der Waals surface area contributed by atoms with Gasteiger partial charge in [-0.05, 0) is 133 Å². The van der Waals surface area contributed by atoms with Gasteiger partial charge in [0.1, 0.15) is 17.8 Å². The Kier molecular flexibility index (Phi) is 18.3. The van der Waals surface area contributed by atoms with E-state index >= 15 is 0 Å². The number of thiazole rings is 3. The van der Waals surface area contributed by atoms with Crippen LogP contribution in [0.5, 0.6) is 5.75 Å².